The highest BCUT2D eigenvalue weighted by Gasteiger charge is 2.53. The van der Waals surface area contributed by atoms with Crippen LogP contribution in [0.2, 0.25) is 0 Å². The van der Waals surface area contributed by atoms with Crippen LogP contribution in [0.3, 0.4) is 0 Å². The van der Waals surface area contributed by atoms with Crippen molar-refractivity contribution in [2.24, 2.45) is 5.92 Å². The van der Waals surface area contributed by atoms with Gasteiger partial charge in [-0.2, -0.15) is 0 Å². The molecule has 104 valence electrons. The van der Waals surface area contributed by atoms with Crippen LogP contribution >= 0.6 is 0 Å². The zero-order valence-corrected chi connectivity index (χ0v) is 11.8. The van der Waals surface area contributed by atoms with E-state index in [0.717, 1.165) is 32.1 Å². The number of carbonyl (C=O) groups is 1. The van der Waals surface area contributed by atoms with Crippen molar-refractivity contribution in [1.29, 1.82) is 0 Å². The average molecular weight is 254 g/mol. The molecular weight excluding hydrogens is 228 g/mol. The van der Waals surface area contributed by atoms with Crippen LogP contribution in [0.15, 0.2) is 0 Å². The van der Waals surface area contributed by atoms with Crippen LogP contribution in [0.1, 0.15) is 46.0 Å². The molecule has 0 aliphatic heterocycles. The molecule has 2 atom stereocenters. The van der Waals surface area contributed by atoms with E-state index in [2.05, 4.69) is 24.1 Å². The molecule has 0 heterocycles. The molecule has 0 spiro atoms. The minimum Gasteiger partial charge on any atom is -0.480 e. The van der Waals surface area contributed by atoms with E-state index in [1.807, 2.05) is 7.05 Å². The van der Waals surface area contributed by atoms with Gasteiger partial charge in [-0.1, -0.05) is 6.92 Å². The van der Waals surface area contributed by atoms with E-state index in [0.29, 0.717) is 24.5 Å². The van der Waals surface area contributed by atoms with Gasteiger partial charge in [0.15, 0.2) is 0 Å². The first kappa shape index (κ1) is 13.8. The van der Waals surface area contributed by atoms with E-state index in [1.165, 1.54) is 0 Å². The number of nitrogens with one attached hydrogen (secondary N) is 1. The maximum absolute atomic E-state index is 11.8. The highest BCUT2D eigenvalue weighted by molar-refractivity contribution is 5.80. The van der Waals surface area contributed by atoms with Gasteiger partial charge in [0.05, 0.1) is 0 Å². The number of carboxylic acid groups (broad SMARTS) is 1. The number of likely N-dealkylation sites (N-methyl/N-ethyl adjacent to an activating group) is 1. The van der Waals surface area contributed by atoms with Crippen molar-refractivity contribution >= 4 is 5.97 Å². The lowest BCUT2D eigenvalue weighted by Gasteiger charge is -2.37. The van der Waals surface area contributed by atoms with Gasteiger partial charge >= 0.3 is 5.97 Å². The molecule has 2 rings (SSSR count). The largest absolute Gasteiger partial charge is 0.480 e. The van der Waals surface area contributed by atoms with Crippen LogP contribution < -0.4 is 5.32 Å². The first-order valence-corrected chi connectivity index (χ1v) is 7.21. The molecule has 0 aromatic heterocycles. The summed E-state index contributed by atoms with van der Waals surface area (Å²) in [6.07, 6.45) is 5.44. The van der Waals surface area contributed by atoms with Crippen molar-refractivity contribution in [3.8, 4) is 0 Å². The molecular formula is C14H26N2O2. The highest BCUT2D eigenvalue weighted by atomic mass is 16.4. The Morgan fingerprint density at radius 1 is 1.44 bits per heavy atom. The van der Waals surface area contributed by atoms with E-state index in [9.17, 15) is 9.90 Å². The molecule has 2 fully saturated rings. The Morgan fingerprint density at radius 3 is 2.44 bits per heavy atom. The Hall–Kier alpha value is -0.610. The third-order valence-corrected chi connectivity index (χ3v) is 4.54. The van der Waals surface area contributed by atoms with Crippen molar-refractivity contribution in [2.45, 2.75) is 63.6 Å². The summed E-state index contributed by atoms with van der Waals surface area (Å²) in [5.41, 5.74) is -0.709. The third-order valence-electron chi connectivity index (χ3n) is 4.54. The molecule has 2 saturated carbocycles. The lowest BCUT2D eigenvalue weighted by molar-refractivity contribution is -0.147. The number of aliphatic carboxylic acids is 1. The van der Waals surface area contributed by atoms with Gasteiger partial charge in [-0.25, -0.2) is 0 Å². The lowest BCUT2D eigenvalue weighted by atomic mass is 9.91. The van der Waals surface area contributed by atoms with Crippen LogP contribution in [0.25, 0.3) is 0 Å². The molecule has 0 radical (unpaired) electrons. The Labute approximate surface area is 110 Å². The smallest absolute Gasteiger partial charge is 0.325 e. The van der Waals surface area contributed by atoms with Gasteiger partial charge in [0.2, 0.25) is 0 Å². The highest BCUT2D eigenvalue weighted by Crippen LogP contribution is 2.42. The molecule has 2 aliphatic rings. The molecule has 4 heteroatoms. The number of hydrogen-bond donors (Lipinski definition) is 2. The van der Waals surface area contributed by atoms with Crippen molar-refractivity contribution in [3.63, 3.8) is 0 Å². The second-order valence-corrected chi connectivity index (χ2v) is 6.14. The number of hydrogen-bond acceptors (Lipinski definition) is 3. The molecule has 0 aromatic rings. The van der Waals surface area contributed by atoms with Crippen molar-refractivity contribution in [3.05, 3.63) is 0 Å². The summed E-state index contributed by atoms with van der Waals surface area (Å²) >= 11 is 0. The summed E-state index contributed by atoms with van der Waals surface area (Å²) in [5.74, 6) is -0.339. The maximum Gasteiger partial charge on any atom is 0.325 e. The van der Waals surface area contributed by atoms with Gasteiger partial charge in [-0.3, -0.25) is 10.1 Å². The van der Waals surface area contributed by atoms with Gasteiger partial charge in [-0.15, -0.1) is 0 Å². The van der Waals surface area contributed by atoms with Gasteiger partial charge < -0.3 is 10.0 Å². The molecule has 2 aliphatic carbocycles. The monoisotopic (exact) mass is 254 g/mol. The normalized spacial score (nSPS) is 24.9. The van der Waals surface area contributed by atoms with Crippen LogP contribution in [0, 0.1) is 5.92 Å². The molecule has 2 unspecified atom stereocenters. The fourth-order valence-electron chi connectivity index (χ4n) is 2.63. The fraction of sp³-hybridized carbons (Fsp3) is 0.929. The molecule has 4 nitrogen and oxygen atoms in total. The van der Waals surface area contributed by atoms with E-state index in [-0.39, 0.29) is 0 Å². The maximum atomic E-state index is 11.8. The van der Waals surface area contributed by atoms with Crippen molar-refractivity contribution < 1.29 is 9.90 Å². The molecule has 0 aromatic carbocycles. The predicted molar refractivity (Wildman–Crippen MR) is 71.6 cm³/mol. The standard InChI is InChI=1S/C14H26N2O2/c1-4-10(2)16(3)9-14(13(17)18,11-5-6-11)15-12-7-8-12/h10-12,15H,4-9H2,1-3H3,(H,17,18). The van der Waals surface area contributed by atoms with Crippen LogP contribution in [-0.2, 0) is 4.79 Å². The van der Waals surface area contributed by atoms with Gasteiger partial charge in [-0.05, 0) is 52.0 Å². The van der Waals surface area contributed by atoms with Crippen LogP contribution in [0.5, 0.6) is 0 Å². The summed E-state index contributed by atoms with van der Waals surface area (Å²) < 4.78 is 0. The number of carboxylic acids is 1. The van der Waals surface area contributed by atoms with Crippen molar-refractivity contribution in [1.82, 2.24) is 10.2 Å². The lowest BCUT2D eigenvalue weighted by Crippen LogP contribution is -2.61. The van der Waals surface area contributed by atoms with Gasteiger partial charge in [0.1, 0.15) is 5.54 Å². The summed E-state index contributed by atoms with van der Waals surface area (Å²) in [6.45, 7) is 4.93. The molecule has 2 N–H and O–H groups in total. The summed E-state index contributed by atoms with van der Waals surface area (Å²) in [7, 11) is 2.04. The molecule has 0 bridgehead atoms. The Morgan fingerprint density at radius 2 is 2.06 bits per heavy atom. The average Bonchev–Trinajstić information content (AvgIpc) is 3.16. The first-order valence-electron chi connectivity index (χ1n) is 7.21. The quantitative estimate of drug-likeness (QED) is 0.692. The summed E-state index contributed by atoms with van der Waals surface area (Å²) in [4.78, 5) is 14.0. The molecule has 18 heavy (non-hydrogen) atoms. The zero-order chi connectivity index (χ0) is 13.3. The van der Waals surface area contributed by atoms with E-state index in [1.54, 1.807) is 0 Å². The number of rotatable bonds is 8. The fourth-order valence-corrected chi connectivity index (χ4v) is 2.63. The Balaban J connectivity index is 2.09. The predicted octanol–water partition coefficient (Wildman–Crippen LogP) is 1.70. The number of nitrogens with zero attached hydrogens (tertiary/aromatic N) is 1. The summed E-state index contributed by atoms with van der Waals surface area (Å²) in [6, 6.07) is 0.871. The second kappa shape index (κ2) is 5.17. The van der Waals surface area contributed by atoms with E-state index in [4.69, 9.17) is 0 Å². The zero-order valence-electron chi connectivity index (χ0n) is 11.8. The van der Waals surface area contributed by atoms with Crippen LogP contribution in [-0.4, -0.2) is 47.2 Å². The topological polar surface area (TPSA) is 52.6 Å². The van der Waals surface area contributed by atoms with E-state index >= 15 is 0 Å². The summed E-state index contributed by atoms with van der Waals surface area (Å²) in [5, 5.41) is 13.2. The third kappa shape index (κ3) is 2.86. The Kier molecular flexibility index (Phi) is 3.97. The molecule has 0 amide bonds. The first-order chi connectivity index (χ1) is 8.49. The van der Waals surface area contributed by atoms with Gasteiger partial charge in [0, 0.05) is 18.6 Å². The molecule has 0 saturated heterocycles. The minimum absolute atomic E-state index is 0.321. The minimum atomic E-state index is -0.709. The van der Waals surface area contributed by atoms with E-state index < -0.39 is 11.5 Å². The van der Waals surface area contributed by atoms with Crippen LogP contribution in [0.4, 0.5) is 0 Å². The Bertz CT molecular complexity index is 313. The van der Waals surface area contributed by atoms with Crippen molar-refractivity contribution in [2.75, 3.05) is 13.6 Å². The SMILES string of the molecule is CCC(C)N(C)CC(NC1CC1)(C(=O)O)C1CC1. The van der Waals surface area contributed by atoms with Gasteiger partial charge in [0.25, 0.3) is 0 Å². The second-order valence-electron chi connectivity index (χ2n) is 6.14.